The van der Waals surface area contributed by atoms with Gasteiger partial charge in [0.05, 0.1) is 0 Å². The Morgan fingerprint density at radius 1 is 1.24 bits per heavy atom. The zero-order valence-corrected chi connectivity index (χ0v) is 13.3. The van der Waals surface area contributed by atoms with E-state index in [2.05, 4.69) is 15.9 Å². The molecular weight excluding hydrogens is 330 g/mol. The Bertz CT molecular complexity index is 646. The monoisotopic (exact) mass is 345 g/mol. The Hall–Kier alpha value is -1.81. The summed E-state index contributed by atoms with van der Waals surface area (Å²) in [6.07, 6.45) is 0.241. The third kappa shape index (κ3) is 2.95. The summed E-state index contributed by atoms with van der Waals surface area (Å²) in [6.45, 7) is 0.566. The Morgan fingerprint density at radius 2 is 1.95 bits per heavy atom. The summed E-state index contributed by atoms with van der Waals surface area (Å²) in [5.74, 6) is 0.840. The van der Waals surface area contributed by atoms with Gasteiger partial charge in [-0.1, -0.05) is 52.3 Å². The highest BCUT2D eigenvalue weighted by atomic mass is 79.9. The molecule has 108 valence electrons. The summed E-state index contributed by atoms with van der Waals surface area (Å²) >= 11 is 3.51. The van der Waals surface area contributed by atoms with Crippen molar-refractivity contribution >= 4 is 21.8 Å². The van der Waals surface area contributed by atoms with Crippen molar-refractivity contribution in [2.24, 2.45) is 0 Å². The topological polar surface area (TPSA) is 29.5 Å². The Kier molecular flexibility index (Phi) is 3.97. The van der Waals surface area contributed by atoms with Gasteiger partial charge in [-0.05, 0) is 23.3 Å². The number of likely N-dealkylation sites (N-methyl/N-ethyl adjacent to an activating group) is 1. The molecule has 21 heavy (non-hydrogen) atoms. The number of benzene rings is 2. The fraction of sp³-hybridized carbons (Fsp3) is 0.235. The molecule has 4 heteroatoms. The summed E-state index contributed by atoms with van der Waals surface area (Å²) in [6, 6.07) is 15.8. The molecule has 2 aromatic carbocycles. The maximum Gasteiger partial charge on any atom is 0.264 e. The molecule has 1 unspecified atom stereocenters. The summed E-state index contributed by atoms with van der Waals surface area (Å²) in [7, 11) is 1.81. The van der Waals surface area contributed by atoms with Gasteiger partial charge in [0, 0.05) is 24.5 Å². The normalized spacial score (nSPS) is 16.2. The van der Waals surface area contributed by atoms with E-state index in [9.17, 15) is 4.79 Å². The van der Waals surface area contributed by atoms with Crippen LogP contribution in [0.4, 0.5) is 0 Å². The summed E-state index contributed by atoms with van der Waals surface area (Å²) in [5.41, 5.74) is 2.19. The van der Waals surface area contributed by atoms with E-state index in [1.165, 1.54) is 0 Å². The van der Waals surface area contributed by atoms with Gasteiger partial charge in [0.15, 0.2) is 6.10 Å². The number of amides is 1. The van der Waals surface area contributed by atoms with E-state index in [1.807, 2.05) is 55.6 Å². The largest absolute Gasteiger partial charge is 0.480 e. The van der Waals surface area contributed by atoms with Gasteiger partial charge in [-0.15, -0.1) is 0 Å². The molecule has 0 aromatic heterocycles. The molecule has 1 aliphatic rings. The molecule has 0 aliphatic carbocycles. The SMILES string of the molecule is CN(Cc1ccccc1Br)C(=O)C1Cc2ccccc2O1. The Balaban J connectivity index is 1.68. The molecule has 3 nitrogen and oxygen atoms in total. The van der Waals surface area contributed by atoms with Gasteiger partial charge >= 0.3 is 0 Å². The minimum Gasteiger partial charge on any atom is -0.480 e. The van der Waals surface area contributed by atoms with Crippen LogP contribution in [0.2, 0.25) is 0 Å². The molecule has 1 aliphatic heterocycles. The van der Waals surface area contributed by atoms with Crippen molar-refractivity contribution in [2.75, 3.05) is 7.05 Å². The van der Waals surface area contributed by atoms with Gasteiger partial charge in [0.1, 0.15) is 5.75 Å². The molecule has 0 radical (unpaired) electrons. The number of para-hydroxylation sites is 1. The van der Waals surface area contributed by atoms with Crippen molar-refractivity contribution in [3.63, 3.8) is 0 Å². The Morgan fingerprint density at radius 3 is 2.71 bits per heavy atom. The number of hydrogen-bond acceptors (Lipinski definition) is 2. The molecule has 2 aromatic rings. The number of carbonyl (C=O) groups is 1. The lowest BCUT2D eigenvalue weighted by Gasteiger charge is -2.21. The van der Waals surface area contributed by atoms with Crippen LogP contribution in [0.5, 0.6) is 5.75 Å². The maximum atomic E-state index is 12.5. The maximum absolute atomic E-state index is 12.5. The van der Waals surface area contributed by atoms with Gasteiger partial charge in [0.2, 0.25) is 0 Å². The second-order valence-electron chi connectivity index (χ2n) is 5.20. The van der Waals surface area contributed by atoms with Gasteiger partial charge in [0.25, 0.3) is 5.91 Å². The highest BCUT2D eigenvalue weighted by Crippen LogP contribution is 2.29. The first-order valence-electron chi connectivity index (χ1n) is 6.88. The molecule has 0 spiro atoms. The van der Waals surface area contributed by atoms with E-state index in [-0.39, 0.29) is 5.91 Å². The molecule has 0 fully saturated rings. The zero-order valence-electron chi connectivity index (χ0n) is 11.8. The van der Waals surface area contributed by atoms with Crippen molar-refractivity contribution in [3.05, 3.63) is 64.1 Å². The van der Waals surface area contributed by atoms with Gasteiger partial charge in [-0.2, -0.15) is 0 Å². The first kappa shape index (κ1) is 14.1. The van der Waals surface area contributed by atoms with Crippen LogP contribution in [-0.4, -0.2) is 24.0 Å². The molecule has 0 bridgehead atoms. The zero-order chi connectivity index (χ0) is 14.8. The number of fused-ring (bicyclic) bond motifs is 1. The fourth-order valence-electron chi connectivity index (χ4n) is 2.53. The van der Waals surface area contributed by atoms with E-state index in [0.717, 1.165) is 21.3 Å². The van der Waals surface area contributed by atoms with E-state index in [4.69, 9.17) is 4.74 Å². The second kappa shape index (κ2) is 5.90. The lowest BCUT2D eigenvalue weighted by molar-refractivity contribution is -0.137. The average Bonchev–Trinajstić information content (AvgIpc) is 2.92. The molecule has 0 saturated heterocycles. The third-order valence-electron chi connectivity index (χ3n) is 3.66. The van der Waals surface area contributed by atoms with Gasteiger partial charge in [-0.25, -0.2) is 0 Å². The number of carbonyl (C=O) groups excluding carboxylic acids is 1. The standard InChI is InChI=1S/C17H16BrNO2/c1-19(11-13-7-2-4-8-14(13)18)17(20)16-10-12-6-3-5-9-15(12)21-16/h2-9,16H,10-11H2,1H3. The number of halogens is 1. The van der Waals surface area contributed by atoms with Crippen molar-refractivity contribution in [2.45, 2.75) is 19.1 Å². The van der Waals surface area contributed by atoms with Crippen LogP contribution in [-0.2, 0) is 17.8 Å². The minimum absolute atomic E-state index is 0.0157. The highest BCUT2D eigenvalue weighted by molar-refractivity contribution is 9.10. The number of hydrogen-bond donors (Lipinski definition) is 0. The molecule has 1 amide bonds. The van der Waals surface area contributed by atoms with Crippen LogP contribution in [0.3, 0.4) is 0 Å². The van der Waals surface area contributed by atoms with Crippen molar-refractivity contribution in [1.29, 1.82) is 0 Å². The first-order chi connectivity index (χ1) is 10.1. The Labute approximate surface area is 132 Å². The van der Waals surface area contributed by atoms with Crippen LogP contribution in [0.25, 0.3) is 0 Å². The first-order valence-corrected chi connectivity index (χ1v) is 7.67. The van der Waals surface area contributed by atoms with E-state index in [0.29, 0.717) is 13.0 Å². The van der Waals surface area contributed by atoms with E-state index in [1.54, 1.807) is 4.90 Å². The summed E-state index contributed by atoms with van der Waals surface area (Å²) < 4.78 is 6.77. The minimum atomic E-state index is -0.408. The summed E-state index contributed by atoms with van der Waals surface area (Å²) in [4.78, 5) is 14.2. The summed E-state index contributed by atoms with van der Waals surface area (Å²) in [5, 5.41) is 0. The lowest BCUT2D eigenvalue weighted by Crippen LogP contribution is -2.38. The van der Waals surface area contributed by atoms with Gasteiger partial charge in [-0.3, -0.25) is 4.79 Å². The van der Waals surface area contributed by atoms with E-state index >= 15 is 0 Å². The second-order valence-corrected chi connectivity index (χ2v) is 6.06. The number of nitrogens with zero attached hydrogens (tertiary/aromatic N) is 1. The molecule has 0 N–H and O–H groups in total. The molecule has 1 atom stereocenters. The number of rotatable bonds is 3. The average molecular weight is 346 g/mol. The van der Waals surface area contributed by atoms with Crippen LogP contribution in [0.1, 0.15) is 11.1 Å². The molecule has 3 rings (SSSR count). The molecule has 0 saturated carbocycles. The smallest absolute Gasteiger partial charge is 0.264 e. The predicted octanol–water partition coefficient (Wildman–Crippen LogP) is 3.41. The number of ether oxygens (including phenoxy) is 1. The lowest BCUT2D eigenvalue weighted by atomic mass is 10.1. The van der Waals surface area contributed by atoms with Crippen LogP contribution in [0, 0.1) is 0 Å². The third-order valence-corrected chi connectivity index (χ3v) is 4.44. The van der Waals surface area contributed by atoms with Crippen LogP contribution in [0.15, 0.2) is 53.0 Å². The van der Waals surface area contributed by atoms with Crippen molar-refractivity contribution < 1.29 is 9.53 Å². The van der Waals surface area contributed by atoms with E-state index < -0.39 is 6.10 Å². The van der Waals surface area contributed by atoms with Gasteiger partial charge < -0.3 is 9.64 Å². The highest BCUT2D eigenvalue weighted by Gasteiger charge is 2.30. The predicted molar refractivity (Wildman–Crippen MR) is 85.2 cm³/mol. The molecule has 1 heterocycles. The van der Waals surface area contributed by atoms with Crippen LogP contribution >= 0.6 is 15.9 Å². The molecular formula is C17H16BrNO2. The quantitative estimate of drug-likeness (QED) is 0.852. The fourth-order valence-corrected chi connectivity index (χ4v) is 2.94. The van der Waals surface area contributed by atoms with Crippen molar-refractivity contribution in [1.82, 2.24) is 4.90 Å². The van der Waals surface area contributed by atoms with Crippen LogP contribution < -0.4 is 4.74 Å². The van der Waals surface area contributed by atoms with Crippen molar-refractivity contribution in [3.8, 4) is 5.75 Å².